The summed E-state index contributed by atoms with van der Waals surface area (Å²) >= 11 is 0. The van der Waals surface area contributed by atoms with Gasteiger partial charge in [-0.2, -0.15) is 0 Å². The van der Waals surface area contributed by atoms with Gasteiger partial charge in [0.15, 0.2) is 5.54 Å². The van der Waals surface area contributed by atoms with Crippen molar-refractivity contribution in [3.05, 3.63) is 90.5 Å². The predicted octanol–water partition coefficient (Wildman–Crippen LogP) is 5.57. The van der Waals surface area contributed by atoms with Crippen molar-refractivity contribution in [2.24, 2.45) is 0 Å². The van der Waals surface area contributed by atoms with Crippen LogP contribution >= 0.6 is 0 Å². The Morgan fingerprint density at radius 3 is 2.14 bits per heavy atom. The average Bonchev–Trinajstić information content (AvgIpc) is 3.19. The molecule has 1 heterocycles. The van der Waals surface area contributed by atoms with Crippen molar-refractivity contribution in [1.29, 1.82) is 0 Å². The maximum Gasteiger partial charge on any atom is 0.334 e. The lowest BCUT2D eigenvalue weighted by atomic mass is 9.83. The van der Waals surface area contributed by atoms with Gasteiger partial charge in [0.05, 0.1) is 0 Å². The Kier molecular flexibility index (Phi) is 3.83. The molecule has 4 aromatic rings. The topological polar surface area (TPSA) is 40.5 Å². The monoisotopic (exact) mass is 367 g/mol. The number of fused-ring (bicyclic) bond motifs is 2. The number of rotatable bonds is 3. The molecule has 1 fully saturated rings. The van der Waals surface area contributed by atoms with E-state index < -0.39 is 11.5 Å². The summed E-state index contributed by atoms with van der Waals surface area (Å²) < 4.78 is 0. The fraction of sp³-hybridized carbons (Fsp3) is 0.160. The first-order chi connectivity index (χ1) is 13.7. The standard InChI is InChI=1S/C25H21NO2/c27-24(28)25(22-14-5-10-18-8-1-3-12-20(18)22)16-7-17-26(25)23-15-6-11-19-9-2-4-13-21(19)23/h1-6,8-15H,7,16-17H2,(H,27,28)/t25-/m1/s1. The Balaban J connectivity index is 1.80. The first-order valence-electron chi connectivity index (χ1n) is 9.69. The number of nitrogens with zero attached hydrogens (tertiary/aromatic N) is 1. The molecular formula is C25H21NO2. The van der Waals surface area contributed by atoms with Crippen LogP contribution in [0.5, 0.6) is 0 Å². The van der Waals surface area contributed by atoms with Crippen LogP contribution in [0, 0.1) is 0 Å². The molecule has 5 rings (SSSR count). The fourth-order valence-electron chi connectivity index (χ4n) is 4.79. The second-order valence-corrected chi connectivity index (χ2v) is 7.45. The zero-order valence-corrected chi connectivity index (χ0v) is 15.5. The van der Waals surface area contributed by atoms with Crippen LogP contribution in [0.4, 0.5) is 5.69 Å². The van der Waals surface area contributed by atoms with Crippen molar-refractivity contribution in [2.45, 2.75) is 18.4 Å². The van der Waals surface area contributed by atoms with E-state index in [0.717, 1.165) is 45.8 Å². The van der Waals surface area contributed by atoms with Gasteiger partial charge in [-0.1, -0.05) is 78.9 Å². The van der Waals surface area contributed by atoms with Crippen LogP contribution in [-0.2, 0) is 10.3 Å². The van der Waals surface area contributed by atoms with E-state index in [1.807, 2.05) is 60.7 Å². The molecular weight excluding hydrogens is 346 g/mol. The number of carboxylic acid groups (broad SMARTS) is 1. The fourth-order valence-corrected chi connectivity index (χ4v) is 4.79. The maximum absolute atomic E-state index is 12.8. The highest BCUT2D eigenvalue weighted by Gasteiger charge is 2.50. The molecule has 0 aromatic heterocycles. The summed E-state index contributed by atoms with van der Waals surface area (Å²) in [4.78, 5) is 15.0. The van der Waals surface area contributed by atoms with Crippen LogP contribution in [0.3, 0.4) is 0 Å². The van der Waals surface area contributed by atoms with Crippen LogP contribution in [-0.4, -0.2) is 17.6 Å². The zero-order chi connectivity index (χ0) is 19.1. The minimum Gasteiger partial charge on any atom is -0.479 e. The van der Waals surface area contributed by atoms with E-state index in [4.69, 9.17) is 0 Å². The first kappa shape index (κ1) is 16.8. The van der Waals surface area contributed by atoms with Crippen molar-refractivity contribution in [3.8, 4) is 0 Å². The SMILES string of the molecule is O=C(O)[C@]1(c2cccc3ccccc23)CCCN1c1cccc2ccccc12. The lowest BCUT2D eigenvalue weighted by Crippen LogP contribution is -2.48. The molecule has 0 unspecified atom stereocenters. The number of aliphatic carboxylic acids is 1. The van der Waals surface area contributed by atoms with Crippen LogP contribution in [0.2, 0.25) is 0 Å². The number of hydrogen-bond donors (Lipinski definition) is 1. The van der Waals surface area contributed by atoms with E-state index >= 15 is 0 Å². The molecule has 0 bridgehead atoms. The van der Waals surface area contributed by atoms with Gasteiger partial charge in [-0.15, -0.1) is 0 Å². The molecule has 1 aliphatic rings. The number of benzene rings is 4. The summed E-state index contributed by atoms with van der Waals surface area (Å²) in [6, 6.07) is 28.4. The molecule has 0 radical (unpaired) electrons. The molecule has 1 saturated heterocycles. The predicted molar refractivity (Wildman–Crippen MR) is 114 cm³/mol. The molecule has 1 aliphatic heterocycles. The van der Waals surface area contributed by atoms with E-state index in [9.17, 15) is 9.90 Å². The molecule has 3 heteroatoms. The van der Waals surface area contributed by atoms with Crippen molar-refractivity contribution >= 4 is 33.2 Å². The summed E-state index contributed by atoms with van der Waals surface area (Å²) in [5.74, 6) is -0.783. The highest BCUT2D eigenvalue weighted by Crippen LogP contribution is 2.46. The second-order valence-electron chi connectivity index (χ2n) is 7.45. The third-order valence-electron chi connectivity index (χ3n) is 6.03. The van der Waals surface area contributed by atoms with E-state index in [0.29, 0.717) is 6.42 Å². The number of carbonyl (C=O) groups is 1. The van der Waals surface area contributed by atoms with Gasteiger partial charge in [0, 0.05) is 17.6 Å². The smallest absolute Gasteiger partial charge is 0.334 e. The van der Waals surface area contributed by atoms with Crippen molar-refractivity contribution in [1.82, 2.24) is 0 Å². The van der Waals surface area contributed by atoms with Crippen molar-refractivity contribution < 1.29 is 9.90 Å². The van der Waals surface area contributed by atoms with E-state index in [2.05, 4.69) is 29.2 Å². The molecule has 0 aliphatic carbocycles. The third-order valence-corrected chi connectivity index (χ3v) is 6.03. The molecule has 0 spiro atoms. The lowest BCUT2D eigenvalue weighted by Gasteiger charge is -2.38. The molecule has 28 heavy (non-hydrogen) atoms. The van der Waals surface area contributed by atoms with Gasteiger partial charge >= 0.3 is 5.97 Å². The Bertz CT molecular complexity index is 1190. The molecule has 3 nitrogen and oxygen atoms in total. The van der Waals surface area contributed by atoms with E-state index in [-0.39, 0.29) is 0 Å². The minimum absolute atomic E-state index is 0.597. The Hall–Kier alpha value is -3.33. The quantitative estimate of drug-likeness (QED) is 0.514. The second kappa shape index (κ2) is 6.38. The summed E-state index contributed by atoms with van der Waals surface area (Å²) in [6.45, 7) is 0.726. The van der Waals surface area contributed by atoms with E-state index in [1.54, 1.807) is 0 Å². The van der Waals surface area contributed by atoms with Gasteiger partial charge in [0.2, 0.25) is 0 Å². The molecule has 0 saturated carbocycles. The summed E-state index contributed by atoms with van der Waals surface area (Å²) in [6.07, 6.45) is 1.44. The number of anilines is 1. The normalized spacial score (nSPS) is 19.4. The highest BCUT2D eigenvalue weighted by molar-refractivity contribution is 6.00. The molecule has 0 amide bonds. The summed E-state index contributed by atoms with van der Waals surface area (Å²) in [5, 5.41) is 14.9. The number of carboxylic acids is 1. The van der Waals surface area contributed by atoms with Gasteiger partial charge in [-0.05, 0) is 40.6 Å². The average molecular weight is 367 g/mol. The molecule has 138 valence electrons. The van der Waals surface area contributed by atoms with Crippen molar-refractivity contribution in [3.63, 3.8) is 0 Å². The van der Waals surface area contributed by atoms with Gasteiger partial charge in [0.25, 0.3) is 0 Å². The van der Waals surface area contributed by atoms with Crippen LogP contribution in [0.15, 0.2) is 84.9 Å². The number of hydrogen-bond acceptors (Lipinski definition) is 2. The van der Waals surface area contributed by atoms with Crippen LogP contribution in [0.25, 0.3) is 21.5 Å². The van der Waals surface area contributed by atoms with Crippen LogP contribution in [0.1, 0.15) is 18.4 Å². The van der Waals surface area contributed by atoms with Gasteiger partial charge in [0.1, 0.15) is 0 Å². The molecule has 1 atom stereocenters. The highest BCUT2D eigenvalue weighted by atomic mass is 16.4. The molecule has 1 N–H and O–H groups in total. The van der Waals surface area contributed by atoms with Crippen LogP contribution < -0.4 is 4.90 Å². The first-order valence-corrected chi connectivity index (χ1v) is 9.69. The van der Waals surface area contributed by atoms with E-state index in [1.165, 1.54) is 0 Å². The lowest BCUT2D eigenvalue weighted by molar-refractivity contribution is -0.143. The van der Waals surface area contributed by atoms with Gasteiger partial charge in [-0.3, -0.25) is 0 Å². The van der Waals surface area contributed by atoms with Crippen molar-refractivity contribution in [2.75, 3.05) is 11.4 Å². The summed E-state index contributed by atoms with van der Waals surface area (Å²) in [7, 11) is 0. The maximum atomic E-state index is 12.8. The van der Waals surface area contributed by atoms with Gasteiger partial charge in [-0.25, -0.2) is 4.79 Å². The summed E-state index contributed by atoms with van der Waals surface area (Å²) in [5.41, 5.74) is 0.805. The Morgan fingerprint density at radius 1 is 0.786 bits per heavy atom. The molecule has 4 aromatic carbocycles. The Labute approximate surface area is 163 Å². The Morgan fingerprint density at radius 2 is 1.39 bits per heavy atom. The largest absolute Gasteiger partial charge is 0.479 e. The minimum atomic E-state index is -1.06. The third kappa shape index (κ3) is 2.32. The van der Waals surface area contributed by atoms with Gasteiger partial charge < -0.3 is 10.0 Å². The zero-order valence-electron chi connectivity index (χ0n) is 15.5.